The van der Waals surface area contributed by atoms with Crippen LogP contribution in [-0.4, -0.2) is 11.7 Å². The Hall–Kier alpha value is 0.700. The van der Waals surface area contributed by atoms with Crippen LogP contribution in [0.5, 0.6) is 0 Å². The zero-order valence-corrected chi connectivity index (χ0v) is 6.12. The Morgan fingerprint density at radius 3 is 1.83 bits per heavy atom. The van der Waals surface area contributed by atoms with E-state index < -0.39 is 0 Å². The average molecular weight is 270 g/mol. The van der Waals surface area contributed by atoms with E-state index in [4.69, 9.17) is 5.11 Å². The van der Waals surface area contributed by atoms with Crippen molar-refractivity contribution in [2.75, 3.05) is 6.61 Å². The third-order valence-corrected chi connectivity index (χ3v) is 0.706. The standard InChI is InChI=1S/C4H9O.Au/c1-4(2)3-5;/h5H,3H2,1-2H3;. The van der Waals surface area contributed by atoms with Crippen LogP contribution in [0.3, 0.4) is 0 Å². The van der Waals surface area contributed by atoms with Crippen molar-refractivity contribution >= 4 is 0 Å². The molecule has 1 N–H and O–H groups in total. The first-order valence-electron chi connectivity index (χ1n) is 1.82. The number of hydrogen-bond acceptors (Lipinski definition) is 1. The van der Waals surface area contributed by atoms with Gasteiger partial charge < -0.3 is 0 Å². The molecular weight excluding hydrogens is 261 g/mol. The summed E-state index contributed by atoms with van der Waals surface area (Å²) in [6, 6.07) is 0. The monoisotopic (exact) mass is 270 g/mol. The predicted octanol–water partition coefficient (Wildman–Crippen LogP) is 0.724. The van der Waals surface area contributed by atoms with E-state index >= 15 is 0 Å². The molecule has 0 bridgehead atoms. The van der Waals surface area contributed by atoms with Crippen LogP contribution >= 0.6 is 0 Å². The van der Waals surface area contributed by atoms with Crippen LogP contribution < -0.4 is 0 Å². The topological polar surface area (TPSA) is 20.2 Å². The zero-order valence-electron chi connectivity index (χ0n) is 3.96. The molecule has 0 aromatic carbocycles. The number of rotatable bonds is 1. The molecule has 0 aromatic heterocycles. The molecule has 0 heterocycles. The first kappa shape index (κ1) is 6.70. The van der Waals surface area contributed by atoms with Crippen molar-refractivity contribution in [1.82, 2.24) is 0 Å². The van der Waals surface area contributed by atoms with Crippen molar-refractivity contribution < 1.29 is 26.2 Å². The van der Waals surface area contributed by atoms with Gasteiger partial charge in [-0.2, -0.15) is 0 Å². The molecule has 0 rings (SSSR count). The van der Waals surface area contributed by atoms with Gasteiger partial charge in [0.05, 0.1) is 0 Å². The Morgan fingerprint density at radius 2 is 1.83 bits per heavy atom. The van der Waals surface area contributed by atoms with Gasteiger partial charge in [0, 0.05) is 0 Å². The molecule has 0 spiro atoms. The van der Waals surface area contributed by atoms with Crippen LogP contribution in [0, 0.1) is 0 Å². The fourth-order valence-corrected chi connectivity index (χ4v) is 0. The Kier molecular flexibility index (Phi) is 2.37. The van der Waals surface area contributed by atoms with Gasteiger partial charge in [-0.15, -0.1) is 0 Å². The predicted molar refractivity (Wildman–Crippen MR) is 21.1 cm³/mol. The molecule has 0 atom stereocenters. The molecule has 0 aliphatic carbocycles. The Bertz CT molecular complexity index is 37.3. The van der Waals surface area contributed by atoms with Gasteiger partial charge in [0.1, 0.15) is 0 Å². The molecule has 1 nitrogen and oxygen atoms in total. The molecule has 0 amide bonds. The second-order valence-electron chi connectivity index (χ2n) is 1.77. The van der Waals surface area contributed by atoms with E-state index in [-0.39, 0.29) is 10.2 Å². The van der Waals surface area contributed by atoms with Crippen LogP contribution in [0.2, 0.25) is 3.63 Å². The number of aliphatic hydroxyl groups excluding tert-OH is 1. The summed E-state index contributed by atoms with van der Waals surface area (Å²) in [7, 11) is 0. The van der Waals surface area contributed by atoms with Crippen LogP contribution in [0.1, 0.15) is 13.8 Å². The van der Waals surface area contributed by atoms with Crippen LogP contribution in [0.15, 0.2) is 0 Å². The molecule has 0 radical (unpaired) electrons. The van der Waals surface area contributed by atoms with Crippen LogP contribution in [0.25, 0.3) is 0 Å². The maximum atomic E-state index is 8.39. The fourth-order valence-electron chi connectivity index (χ4n) is 0. The SMILES string of the molecule is C[C](C)([Au])CO. The van der Waals surface area contributed by atoms with E-state index in [1.54, 1.807) is 0 Å². The van der Waals surface area contributed by atoms with Gasteiger partial charge in [0.25, 0.3) is 0 Å². The summed E-state index contributed by atoms with van der Waals surface area (Å²) in [5, 5.41) is 8.39. The van der Waals surface area contributed by atoms with Gasteiger partial charge in [-0.25, -0.2) is 0 Å². The summed E-state index contributed by atoms with van der Waals surface area (Å²) < 4.78 is 0.0417. The minimum absolute atomic E-state index is 0.0417. The molecule has 0 aromatic rings. The summed E-state index contributed by atoms with van der Waals surface area (Å²) in [5.41, 5.74) is 0. The van der Waals surface area contributed by atoms with Gasteiger partial charge in [0.15, 0.2) is 0 Å². The van der Waals surface area contributed by atoms with Crippen molar-refractivity contribution in [1.29, 1.82) is 0 Å². The molecule has 0 aliphatic rings. The second-order valence-corrected chi connectivity index (χ2v) is 4.71. The van der Waals surface area contributed by atoms with Crippen molar-refractivity contribution in [3.63, 3.8) is 0 Å². The molecule has 0 unspecified atom stereocenters. The molecular formula is C4H9AuO. The van der Waals surface area contributed by atoms with E-state index in [0.29, 0.717) is 0 Å². The first-order chi connectivity index (χ1) is 2.56. The summed E-state index contributed by atoms with van der Waals surface area (Å²) in [6.45, 7) is 4.18. The second kappa shape index (κ2) is 2.12. The minimum atomic E-state index is 0.0417. The van der Waals surface area contributed by atoms with Crippen LogP contribution in [0.4, 0.5) is 0 Å². The van der Waals surface area contributed by atoms with Gasteiger partial charge in [-0.1, -0.05) is 0 Å². The Morgan fingerprint density at radius 1 is 1.67 bits per heavy atom. The third-order valence-electron chi connectivity index (χ3n) is 0.364. The van der Waals surface area contributed by atoms with Gasteiger partial charge >= 0.3 is 50.3 Å². The molecule has 0 fully saturated rings. The van der Waals surface area contributed by atoms with E-state index in [2.05, 4.69) is 21.1 Å². The van der Waals surface area contributed by atoms with E-state index in [9.17, 15) is 0 Å². The molecule has 42 valence electrons. The Balaban J connectivity index is 3.17. The summed E-state index contributed by atoms with van der Waals surface area (Å²) in [5.74, 6) is 0. The van der Waals surface area contributed by atoms with E-state index in [1.807, 2.05) is 13.8 Å². The fraction of sp³-hybridized carbons (Fsp3) is 1.00. The average Bonchev–Trinajstić information content (AvgIpc) is 1.35. The van der Waals surface area contributed by atoms with E-state index in [1.165, 1.54) is 0 Å². The van der Waals surface area contributed by atoms with Crippen molar-refractivity contribution in [3.8, 4) is 0 Å². The van der Waals surface area contributed by atoms with Crippen molar-refractivity contribution in [2.24, 2.45) is 0 Å². The van der Waals surface area contributed by atoms with Gasteiger partial charge in [-0.05, 0) is 0 Å². The summed E-state index contributed by atoms with van der Waals surface area (Å²) in [4.78, 5) is 0. The van der Waals surface area contributed by atoms with Crippen molar-refractivity contribution in [2.45, 2.75) is 17.5 Å². The van der Waals surface area contributed by atoms with Crippen LogP contribution in [-0.2, 0) is 21.1 Å². The maximum absolute atomic E-state index is 8.39. The molecule has 0 aliphatic heterocycles. The number of aliphatic hydroxyl groups is 1. The molecule has 2 heteroatoms. The van der Waals surface area contributed by atoms with Gasteiger partial charge in [0.2, 0.25) is 0 Å². The molecule has 0 saturated heterocycles. The molecule has 6 heavy (non-hydrogen) atoms. The third kappa shape index (κ3) is 4.70. The first-order valence-corrected chi connectivity index (χ1v) is 2.90. The number of hydrogen-bond donors (Lipinski definition) is 1. The van der Waals surface area contributed by atoms with Gasteiger partial charge in [-0.3, -0.25) is 0 Å². The van der Waals surface area contributed by atoms with Crippen molar-refractivity contribution in [3.05, 3.63) is 0 Å². The summed E-state index contributed by atoms with van der Waals surface area (Å²) in [6.07, 6.45) is 0. The summed E-state index contributed by atoms with van der Waals surface area (Å²) >= 11 is 2.36. The van der Waals surface area contributed by atoms with E-state index in [0.717, 1.165) is 0 Å². The zero-order chi connectivity index (χ0) is 5.21. The molecule has 0 saturated carbocycles. The quantitative estimate of drug-likeness (QED) is 0.696. The normalized spacial score (nSPS) is 12.2. The Labute approximate surface area is 50.7 Å².